The summed E-state index contributed by atoms with van der Waals surface area (Å²) in [5, 5.41) is 10.4. The van der Waals surface area contributed by atoms with Crippen molar-refractivity contribution in [2.45, 2.75) is 91.5 Å². The molecule has 3 heterocycles. The van der Waals surface area contributed by atoms with Gasteiger partial charge in [0.15, 0.2) is 6.10 Å². The quantitative estimate of drug-likeness (QED) is 0.477. The molecule has 9 heteroatoms. The largest absolute Gasteiger partial charge is 0.493 e. The number of halogens is 2. The molecule has 2 aromatic rings. The predicted octanol–water partition coefficient (Wildman–Crippen LogP) is 6.32. The fraction of sp³-hybridized carbons (Fsp3) is 0.548. The number of likely N-dealkylation sites (tertiary alicyclic amines) is 1. The first-order chi connectivity index (χ1) is 18.7. The zero-order valence-electron chi connectivity index (χ0n) is 24.1. The third-order valence-corrected chi connectivity index (χ3v) is 8.34. The minimum absolute atomic E-state index is 0.0179. The summed E-state index contributed by atoms with van der Waals surface area (Å²) in [5.41, 5.74) is 7.11. The van der Waals surface area contributed by atoms with E-state index in [1.165, 1.54) is 4.90 Å². The topological polar surface area (TPSA) is 79.3 Å². The van der Waals surface area contributed by atoms with Crippen molar-refractivity contribution in [3.05, 3.63) is 51.1 Å². The third-order valence-electron chi connectivity index (χ3n) is 8.34. The minimum atomic E-state index is -2.87. The van der Waals surface area contributed by atoms with E-state index in [1.807, 2.05) is 53.7 Å². The summed E-state index contributed by atoms with van der Waals surface area (Å²) < 4.78 is 39.9. The Bertz CT molecular complexity index is 1380. The van der Waals surface area contributed by atoms with E-state index < -0.39 is 36.2 Å². The molecule has 0 unspecified atom stereocenters. The molecule has 1 atom stereocenters. The third kappa shape index (κ3) is 5.04. The summed E-state index contributed by atoms with van der Waals surface area (Å²) >= 11 is 0. The number of fused-ring (bicyclic) bond motifs is 2. The first-order valence-electron chi connectivity index (χ1n) is 13.9. The summed E-state index contributed by atoms with van der Waals surface area (Å²) in [4.78, 5) is 28.9. The van der Waals surface area contributed by atoms with Crippen molar-refractivity contribution in [3.8, 4) is 16.9 Å². The molecule has 7 nitrogen and oxygen atoms in total. The van der Waals surface area contributed by atoms with Gasteiger partial charge in [0.1, 0.15) is 5.75 Å². The maximum Gasteiger partial charge on any atom is 0.337 e. The number of aliphatic carboxylic acids is 1. The van der Waals surface area contributed by atoms with Gasteiger partial charge in [-0.2, -0.15) is 0 Å². The number of urea groups is 1. The summed E-state index contributed by atoms with van der Waals surface area (Å²) in [7, 11) is 0. The number of carbonyl (C=O) groups is 2. The van der Waals surface area contributed by atoms with E-state index in [-0.39, 0.29) is 26.1 Å². The zero-order chi connectivity index (χ0) is 29.1. The Morgan fingerprint density at radius 2 is 1.70 bits per heavy atom. The summed E-state index contributed by atoms with van der Waals surface area (Å²) in [6.07, 6.45) is 0.200. The molecule has 1 fully saturated rings. The Morgan fingerprint density at radius 1 is 1.02 bits per heavy atom. The fourth-order valence-electron chi connectivity index (χ4n) is 6.40. The van der Waals surface area contributed by atoms with Crippen molar-refractivity contribution in [2.24, 2.45) is 0 Å². The number of carbonyl (C=O) groups excluding carboxylic acids is 1. The Labute approximate surface area is 234 Å². The lowest BCUT2D eigenvalue weighted by Gasteiger charge is -2.30. The molecule has 2 amide bonds. The van der Waals surface area contributed by atoms with Gasteiger partial charge in [-0.1, -0.05) is 6.07 Å². The second-order valence-electron chi connectivity index (χ2n) is 12.3. The van der Waals surface area contributed by atoms with E-state index in [9.17, 15) is 23.5 Å². The molecule has 0 aromatic heterocycles. The van der Waals surface area contributed by atoms with Crippen molar-refractivity contribution in [1.29, 1.82) is 0 Å². The Kier molecular flexibility index (Phi) is 7.09. The van der Waals surface area contributed by atoms with Crippen LogP contribution < -0.4 is 4.74 Å². The lowest BCUT2D eigenvalue weighted by molar-refractivity contribution is -0.160. The molecule has 0 radical (unpaired) electrons. The van der Waals surface area contributed by atoms with E-state index in [0.29, 0.717) is 12.2 Å². The van der Waals surface area contributed by atoms with Crippen LogP contribution in [0.5, 0.6) is 5.75 Å². The minimum Gasteiger partial charge on any atom is -0.493 e. The van der Waals surface area contributed by atoms with Gasteiger partial charge in [0.25, 0.3) is 5.92 Å². The van der Waals surface area contributed by atoms with Crippen molar-refractivity contribution in [1.82, 2.24) is 9.80 Å². The van der Waals surface area contributed by atoms with E-state index in [4.69, 9.17) is 9.47 Å². The highest BCUT2D eigenvalue weighted by Gasteiger charge is 2.43. The van der Waals surface area contributed by atoms with Gasteiger partial charge >= 0.3 is 12.0 Å². The number of carboxylic acid groups (broad SMARTS) is 1. The van der Waals surface area contributed by atoms with Crippen LogP contribution in [0.15, 0.2) is 12.1 Å². The van der Waals surface area contributed by atoms with Crippen LogP contribution in [0, 0.1) is 20.8 Å². The lowest BCUT2D eigenvalue weighted by Crippen LogP contribution is -2.40. The Morgan fingerprint density at radius 3 is 2.30 bits per heavy atom. The number of carboxylic acids is 1. The number of amides is 2. The molecule has 0 spiro atoms. The van der Waals surface area contributed by atoms with Crippen LogP contribution in [0.25, 0.3) is 11.1 Å². The van der Waals surface area contributed by atoms with Crippen LogP contribution in [0.3, 0.4) is 0 Å². The zero-order valence-corrected chi connectivity index (χ0v) is 24.1. The van der Waals surface area contributed by atoms with Gasteiger partial charge in [-0.25, -0.2) is 18.4 Å². The molecule has 3 aliphatic rings. The average Bonchev–Trinajstić information content (AvgIpc) is 3.49. The molecular formula is C31H38F2N2O5. The number of ether oxygens (including phenoxy) is 2. The monoisotopic (exact) mass is 556 g/mol. The summed E-state index contributed by atoms with van der Waals surface area (Å²) in [6, 6.07) is 3.52. The molecule has 1 saturated heterocycles. The molecule has 40 heavy (non-hydrogen) atoms. The van der Waals surface area contributed by atoms with E-state index in [0.717, 1.165) is 63.1 Å². The van der Waals surface area contributed by atoms with Crippen molar-refractivity contribution >= 4 is 12.0 Å². The van der Waals surface area contributed by atoms with Crippen LogP contribution in [0.2, 0.25) is 0 Å². The van der Waals surface area contributed by atoms with Gasteiger partial charge in [0, 0.05) is 31.6 Å². The fourth-order valence-corrected chi connectivity index (χ4v) is 6.40. The molecule has 0 saturated carbocycles. The molecule has 0 bridgehead atoms. The normalized spacial score (nSPS) is 18.8. The van der Waals surface area contributed by atoms with Crippen LogP contribution in [-0.2, 0) is 29.0 Å². The number of hydrogen-bond donors (Lipinski definition) is 1. The molecule has 2 aromatic carbocycles. The van der Waals surface area contributed by atoms with Gasteiger partial charge in [0.2, 0.25) is 0 Å². The highest BCUT2D eigenvalue weighted by atomic mass is 19.3. The second-order valence-corrected chi connectivity index (χ2v) is 12.3. The van der Waals surface area contributed by atoms with Crippen molar-refractivity contribution in [2.75, 3.05) is 19.7 Å². The van der Waals surface area contributed by atoms with Crippen molar-refractivity contribution < 1.29 is 33.0 Å². The number of nitrogens with zero attached hydrogens (tertiary/aromatic N) is 2. The van der Waals surface area contributed by atoms with Gasteiger partial charge < -0.3 is 24.4 Å². The molecular weight excluding hydrogens is 518 g/mol. The number of rotatable bonds is 4. The molecule has 5 rings (SSSR count). The molecule has 3 aliphatic heterocycles. The number of hydrogen-bond acceptors (Lipinski definition) is 4. The SMILES string of the molecule is Cc1c(-c2c(C)c3c(c(C)c2[C@H](OC(C)(C)C)C(=O)O)CN(C(=O)N2CCC(F)(F)C2)C3)ccc2c1CCCO2. The van der Waals surface area contributed by atoms with Gasteiger partial charge in [-0.3, -0.25) is 0 Å². The van der Waals surface area contributed by atoms with Crippen LogP contribution in [0.4, 0.5) is 13.6 Å². The van der Waals surface area contributed by atoms with E-state index in [2.05, 4.69) is 0 Å². The summed E-state index contributed by atoms with van der Waals surface area (Å²) in [6.45, 7) is 12.0. The molecule has 0 aliphatic carbocycles. The molecule has 1 N–H and O–H groups in total. The predicted molar refractivity (Wildman–Crippen MR) is 147 cm³/mol. The van der Waals surface area contributed by atoms with E-state index >= 15 is 0 Å². The highest BCUT2D eigenvalue weighted by Crippen LogP contribution is 2.46. The maximum atomic E-state index is 13.9. The first-order valence-corrected chi connectivity index (χ1v) is 13.9. The maximum absolute atomic E-state index is 13.9. The standard InChI is InChI=1S/C31H38F2N2O5/c1-17-20-8-7-13-39-24(20)10-9-21(17)25-18(2)22-14-35(29(38)34-12-11-31(32,33)16-34)15-23(22)19(3)26(25)27(28(36)37)40-30(4,5)6/h9-10,27H,7-8,11-16H2,1-6H3,(H,36,37)/t27-/m0/s1. The van der Waals surface area contributed by atoms with Crippen LogP contribution in [0.1, 0.15) is 78.7 Å². The second kappa shape index (κ2) is 10.0. The lowest BCUT2D eigenvalue weighted by atomic mass is 9.81. The van der Waals surface area contributed by atoms with Crippen LogP contribution >= 0.6 is 0 Å². The van der Waals surface area contributed by atoms with Gasteiger partial charge in [0.05, 0.1) is 18.8 Å². The Hall–Kier alpha value is -3.20. The molecule has 216 valence electrons. The number of alkyl halides is 2. The summed E-state index contributed by atoms with van der Waals surface area (Å²) in [5.74, 6) is -3.12. The van der Waals surface area contributed by atoms with Gasteiger partial charge in [-0.15, -0.1) is 0 Å². The van der Waals surface area contributed by atoms with Gasteiger partial charge in [-0.05, 0) is 105 Å². The first kappa shape index (κ1) is 28.3. The average molecular weight is 557 g/mol. The van der Waals surface area contributed by atoms with Crippen molar-refractivity contribution in [3.63, 3.8) is 0 Å². The van der Waals surface area contributed by atoms with E-state index in [1.54, 1.807) is 4.90 Å². The smallest absolute Gasteiger partial charge is 0.337 e. The van der Waals surface area contributed by atoms with Crippen LogP contribution in [-0.4, -0.2) is 58.1 Å². The Balaban J connectivity index is 1.67. The number of benzene rings is 2. The highest BCUT2D eigenvalue weighted by molar-refractivity contribution is 5.86.